The standard InChI is InChI=1S/C33H29NO6/c1-21-24(12-13-30(35)34-16-14-33(15-17-34,32(37)38)23-10-6-3-7-11-23)31(36)40-29-19-28-26(18-25(21)29)27(20-39-28)22-8-4-2-5-9-22/h2-11,18-20H,12-17H2,1H3,(H,37,38). The normalized spacial score (nSPS) is 15.0. The van der Waals surface area contributed by atoms with E-state index in [4.69, 9.17) is 8.83 Å². The molecule has 40 heavy (non-hydrogen) atoms. The number of amides is 1. The van der Waals surface area contributed by atoms with Gasteiger partial charge in [0.25, 0.3) is 0 Å². The molecular weight excluding hydrogens is 506 g/mol. The fraction of sp³-hybridized carbons (Fsp3) is 0.242. The number of carbonyl (C=O) groups excluding carboxylic acids is 1. The maximum absolute atomic E-state index is 13.2. The molecule has 1 fully saturated rings. The summed E-state index contributed by atoms with van der Waals surface area (Å²) in [5.74, 6) is -0.958. The molecule has 7 nitrogen and oxygen atoms in total. The van der Waals surface area contributed by atoms with Crippen LogP contribution in [0, 0.1) is 6.92 Å². The van der Waals surface area contributed by atoms with Crippen LogP contribution in [0.4, 0.5) is 0 Å². The van der Waals surface area contributed by atoms with Crippen molar-refractivity contribution in [1.29, 1.82) is 0 Å². The molecule has 0 unspecified atom stereocenters. The zero-order valence-electron chi connectivity index (χ0n) is 22.2. The second-order valence-electron chi connectivity index (χ2n) is 10.5. The van der Waals surface area contributed by atoms with Crippen molar-refractivity contribution in [2.24, 2.45) is 0 Å². The molecule has 6 rings (SSSR count). The Kier molecular flexibility index (Phi) is 6.50. The summed E-state index contributed by atoms with van der Waals surface area (Å²) in [6, 6.07) is 22.9. The van der Waals surface area contributed by atoms with E-state index in [0.717, 1.165) is 33.0 Å². The minimum Gasteiger partial charge on any atom is -0.481 e. The first-order valence-electron chi connectivity index (χ1n) is 13.5. The summed E-state index contributed by atoms with van der Waals surface area (Å²) in [6.07, 6.45) is 2.80. The van der Waals surface area contributed by atoms with Gasteiger partial charge in [-0.2, -0.15) is 0 Å². The quantitative estimate of drug-likeness (QED) is 0.264. The van der Waals surface area contributed by atoms with E-state index >= 15 is 0 Å². The van der Waals surface area contributed by atoms with Crippen LogP contribution in [0.25, 0.3) is 33.1 Å². The first-order chi connectivity index (χ1) is 19.4. The lowest BCUT2D eigenvalue weighted by Crippen LogP contribution is -2.49. The van der Waals surface area contributed by atoms with Crippen LogP contribution in [0.15, 0.2) is 92.7 Å². The average molecular weight is 536 g/mol. The number of piperidine rings is 1. The van der Waals surface area contributed by atoms with Gasteiger partial charge in [0.1, 0.15) is 11.2 Å². The number of hydrogen-bond acceptors (Lipinski definition) is 5. The molecule has 1 amide bonds. The summed E-state index contributed by atoms with van der Waals surface area (Å²) in [5, 5.41) is 11.8. The van der Waals surface area contributed by atoms with Crippen molar-refractivity contribution in [3.8, 4) is 11.1 Å². The van der Waals surface area contributed by atoms with Crippen molar-refractivity contribution in [3.63, 3.8) is 0 Å². The van der Waals surface area contributed by atoms with Gasteiger partial charge in [-0.1, -0.05) is 60.7 Å². The topological polar surface area (TPSA) is 101 Å². The number of aryl methyl sites for hydroxylation is 1. The van der Waals surface area contributed by atoms with Crippen molar-refractivity contribution < 1.29 is 23.5 Å². The Morgan fingerprint density at radius 3 is 2.27 bits per heavy atom. The summed E-state index contributed by atoms with van der Waals surface area (Å²) in [7, 11) is 0. The number of likely N-dealkylation sites (tertiary alicyclic amines) is 1. The molecule has 0 spiro atoms. The predicted molar refractivity (Wildman–Crippen MR) is 152 cm³/mol. The zero-order valence-corrected chi connectivity index (χ0v) is 22.2. The van der Waals surface area contributed by atoms with Crippen molar-refractivity contribution >= 4 is 33.8 Å². The van der Waals surface area contributed by atoms with Crippen LogP contribution >= 0.6 is 0 Å². The molecule has 0 bridgehead atoms. The largest absolute Gasteiger partial charge is 0.481 e. The first-order valence-corrected chi connectivity index (χ1v) is 13.5. The molecule has 0 aliphatic carbocycles. The summed E-state index contributed by atoms with van der Waals surface area (Å²) in [4.78, 5) is 40.1. The van der Waals surface area contributed by atoms with Crippen LogP contribution in [0.3, 0.4) is 0 Å². The fourth-order valence-corrected chi connectivity index (χ4v) is 5.95. The third kappa shape index (κ3) is 4.37. The Morgan fingerprint density at radius 2 is 1.60 bits per heavy atom. The van der Waals surface area contributed by atoms with Gasteiger partial charge in [-0.25, -0.2) is 4.79 Å². The molecule has 2 aromatic heterocycles. The van der Waals surface area contributed by atoms with Crippen LogP contribution in [-0.2, 0) is 21.4 Å². The van der Waals surface area contributed by atoms with Gasteiger partial charge in [-0.15, -0.1) is 0 Å². The van der Waals surface area contributed by atoms with Crippen LogP contribution < -0.4 is 5.63 Å². The molecule has 0 radical (unpaired) electrons. The molecule has 3 heterocycles. The van der Waals surface area contributed by atoms with E-state index < -0.39 is 17.0 Å². The average Bonchev–Trinajstić information content (AvgIpc) is 3.39. The Hall–Kier alpha value is -4.65. The van der Waals surface area contributed by atoms with Crippen LogP contribution in [0.1, 0.15) is 36.0 Å². The van der Waals surface area contributed by atoms with E-state index in [1.54, 1.807) is 17.2 Å². The van der Waals surface area contributed by atoms with Crippen LogP contribution in [0.2, 0.25) is 0 Å². The maximum Gasteiger partial charge on any atom is 0.339 e. The van der Waals surface area contributed by atoms with Crippen LogP contribution in [0.5, 0.6) is 0 Å². The molecular formula is C33H29NO6. The minimum atomic E-state index is -0.995. The molecule has 7 heteroatoms. The predicted octanol–water partition coefficient (Wildman–Crippen LogP) is 6.09. The molecule has 1 aliphatic rings. The lowest BCUT2D eigenvalue weighted by molar-refractivity contribution is -0.148. The van der Waals surface area contributed by atoms with E-state index in [-0.39, 0.29) is 18.7 Å². The van der Waals surface area contributed by atoms with Gasteiger partial charge in [0.2, 0.25) is 5.91 Å². The van der Waals surface area contributed by atoms with Gasteiger partial charge in [-0.3, -0.25) is 9.59 Å². The highest BCUT2D eigenvalue weighted by Crippen LogP contribution is 2.37. The molecule has 3 aromatic carbocycles. The molecule has 1 saturated heterocycles. The SMILES string of the molecule is Cc1c(CCC(=O)N2CCC(C(=O)O)(c3ccccc3)CC2)c(=O)oc2cc3occ(-c4ccccc4)c3cc12. The fourth-order valence-electron chi connectivity index (χ4n) is 5.95. The number of furan rings is 1. The lowest BCUT2D eigenvalue weighted by Gasteiger charge is -2.39. The van der Waals surface area contributed by atoms with Gasteiger partial charge in [0, 0.05) is 47.5 Å². The number of carboxylic acids is 1. The minimum absolute atomic E-state index is 0.0948. The smallest absolute Gasteiger partial charge is 0.339 e. The molecule has 1 aliphatic heterocycles. The molecule has 0 atom stereocenters. The summed E-state index contributed by atoms with van der Waals surface area (Å²) in [6.45, 7) is 2.59. The number of fused-ring (bicyclic) bond motifs is 2. The Bertz CT molecular complexity index is 1780. The lowest BCUT2D eigenvalue weighted by atomic mass is 9.73. The van der Waals surface area contributed by atoms with Crippen molar-refractivity contribution in [1.82, 2.24) is 4.90 Å². The molecule has 5 aromatic rings. The van der Waals surface area contributed by atoms with E-state index in [0.29, 0.717) is 42.7 Å². The third-order valence-electron chi connectivity index (χ3n) is 8.36. The Morgan fingerprint density at radius 1 is 0.925 bits per heavy atom. The number of nitrogens with zero attached hydrogens (tertiary/aromatic N) is 1. The third-order valence-corrected chi connectivity index (χ3v) is 8.36. The second-order valence-corrected chi connectivity index (χ2v) is 10.5. The maximum atomic E-state index is 13.2. The van der Waals surface area contributed by atoms with Gasteiger partial charge < -0.3 is 18.8 Å². The van der Waals surface area contributed by atoms with Gasteiger partial charge >= 0.3 is 11.6 Å². The highest BCUT2D eigenvalue weighted by molar-refractivity contribution is 6.02. The summed E-state index contributed by atoms with van der Waals surface area (Å²) in [5.41, 5.74) is 3.64. The zero-order chi connectivity index (χ0) is 27.9. The molecule has 202 valence electrons. The second kappa shape index (κ2) is 10.2. The summed E-state index contributed by atoms with van der Waals surface area (Å²) < 4.78 is 11.4. The van der Waals surface area contributed by atoms with Crippen LogP contribution in [-0.4, -0.2) is 35.0 Å². The number of hydrogen-bond donors (Lipinski definition) is 1. The van der Waals surface area contributed by atoms with E-state index in [9.17, 15) is 19.5 Å². The highest BCUT2D eigenvalue weighted by atomic mass is 16.4. The number of benzene rings is 3. The number of aliphatic carboxylic acids is 1. The van der Waals surface area contributed by atoms with Crippen molar-refractivity contribution in [2.45, 2.75) is 38.0 Å². The Labute approximate surface area is 230 Å². The van der Waals surface area contributed by atoms with Gasteiger partial charge in [0.15, 0.2) is 0 Å². The van der Waals surface area contributed by atoms with Gasteiger partial charge in [0.05, 0.1) is 11.7 Å². The molecule has 0 saturated carbocycles. The number of rotatable bonds is 6. The van der Waals surface area contributed by atoms with Crippen molar-refractivity contribution in [3.05, 3.63) is 106 Å². The highest BCUT2D eigenvalue weighted by Gasteiger charge is 2.43. The number of carboxylic acid groups (broad SMARTS) is 1. The van der Waals surface area contributed by atoms with E-state index in [1.807, 2.05) is 73.7 Å². The number of carbonyl (C=O) groups is 2. The van der Waals surface area contributed by atoms with E-state index in [2.05, 4.69) is 0 Å². The van der Waals surface area contributed by atoms with Crippen molar-refractivity contribution in [2.75, 3.05) is 13.1 Å². The monoisotopic (exact) mass is 535 g/mol. The van der Waals surface area contributed by atoms with Gasteiger partial charge in [-0.05, 0) is 48.9 Å². The Balaban J connectivity index is 1.22. The summed E-state index contributed by atoms with van der Waals surface area (Å²) >= 11 is 0. The first kappa shape index (κ1) is 25.6. The van der Waals surface area contributed by atoms with E-state index in [1.165, 1.54) is 0 Å². The molecule has 1 N–H and O–H groups in total.